The smallest absolute Gasteiger partial charge is 0.274 e. The second-order valence-corrected chi connectivity index (χ2v) is 6.70. The van der Waals surface area contributed by atoms with E-state index in [-0.39, 0.29) is 24.2 Å². The van der Waals surface area contributed by atoms with Crippen molar-refractivity contribution in [3.63, 3.8) is 0 Å². The maximum atomic E-state index is 12.2. The van der Waals surface area contributed by atoms with Gasteiger partial charge in [-0.2, -0.15) is 0 Å². The van der Waals surface area contributed by atoms with E-state index in [0.29, 0.717) is 11.3 Å². The molecule has 2 N–H and O–H groups in total. The topological polar surface area (TPSA) is 84.3 Å². The molecular formula is C20H25N3O3. The Morgan fingerprint density at radius 1 is 1.04 bits per heavy atom. The lowest BCUT2D eigenvalue weighted by Gasteiger charge is -2.17. The van der Waals surface area contributed by atoms with E-state index in [9.17, 15) is 14.9 Å². The number of nitro benzene ring substituents is 1. The first-order chi connectivity index (χ1) is 12.2. The van der Waals surface area contributed by atoms with E-state index in [1.54, 1.807) is 13.0 Å². The average molecular weight is 355 g/mol. The second kappa shape index (κ2) is 7.99. The SMILES string of the molecule is Cc1ccc(C(C)NC(=O)CNc2cc([N+](=O)[O-])c(C)cc2C)cc1C. The number of amides is 1. The van der Waals surface area contributed by atoms with Gasteiger partial charge in [-0.1, -0.05) is 18.2 Å². The number of benzene rings is 2. The average Bonchev–Trinajstić information content (AvgIpc) is 2.56. The van der Waals surface area contributed by atoms with Crippen LogP contribution in [-0.2, 0) is 4.79 Å². The van der Waals surface area contributed by atoms with Crippen LogP contribution in [0.5, 0.6) is 0 Å². The molecule has 2 aromatic carbocycles. The molecule has 0 bridgehead atoms. The van der Waals surface area contributed by atoms with Gasteiger partial charge in [0.25, 0.3) is 5.69 Å². The van der Waals surface area contributed by atoms with Crippen LogP contribution in [0.15, 0.2) is 30.3 Å². The van der Waals surface area contributed by atoms with Crippen LogP contribution in [0.3, 0.4) is 0 Å². The number of carbonyl (C=O) groups is 1. The van der Waals surface area contributed by atoms with Crippen molar-refractivity contribution < 1.29 is 9.72 Å². The normalized spacial score (nSPS) is 11.7. The number of rotatable bonds is 6. The Morgan fingerprint density at radius 2 is 1.73 bits per heavy atom. The first kappa shape index (κ1) is 19.4. The Hall–Kier alpha value is -2.89. The van der Waals surface area contributed by atoms with E-state index in [1.165, 1.54) is 17.2 Å². The minimum absolute atomic E-state index is 0.0435. The summed E-state index contributed by atoms with van der Waals surface area (Å²) in [6.45, 7) is 9.64. The maximum absolute atomic E-state index is 12.2. The predicted molar refractivity (Wildman–Crippen MR) is 104 cm³/mol. The van der Waals surface area contributed by atoms with Gasteiger partial charge in [-0.25, -0.2) is 0 Å². The highest BCUT2D eigenvalue weighted by Gasteiger charge is 2.15. The summed E-state index contributed by atoms with van der Waals surface area (Å²) in [6.07, 6.45) is 0. The van der Waals surface area contributed by atoms with Gasteiger partial charge in [0.2, 0.25) is 5.91 Å². The highest BCUT2D eigenvalue weighted by Crippen LogP contribution is 2.26. The number of nitro groups is 1. The first-order valence-electron chi connectivity index (χ1n) is 8.55. The molecule has 0 aromatic heterocycles. The second-order valence-electron chi connectivity index (χ2n) is 6.70. The molecule has 0 spiro atoms. The molecule has 0 heterocycles. The lowest BCUT2D eigenvalue weighted by Crippen LogP contribution is -2.32. The third-order valence-electron chi connectivity index (χ3n) is 4.59. The van der Waals surface area contributed by atoms with Crippen LogP contribution in [0.4, 0.5) is 11.4 Å². The van der Waals surface area contributed by atoms with Gasteiger partial charge in [-0.3, -0.25) is 14.9 Å². The van der Waals surface area contributed by atoms with Crippen LogP contribution in [0, 0.1) is 37.8 Å². The van der Waals surface area contributed by atoms with Crippen molar-refractivity contribution >= 4 is 17.3 Å². The molecule has 26 heavy (non-hydrogen) atoms. The van der Waals surface area contributed by atoms with E-state index in [1.807, 2.05) is 32.9 Å². The summed E-state index contributed by atoms with van der Waals surface area (Å²) in [5.74, 6) is -0.168. The Morgan fingerprint density at radius 3 is 2.35 bits per heavy atom. The number of hydrogen-bond donors (Lipinski definition) is 2. The van der Waals surface area contributed by atoms with E-state index >= 15 is 0 Å². The molecule has 2 aromatic rings. The van der Waals surface area contributed by atoms with E-state index in [4.69, 9.17) is 0 Å². The molecule has 0 saturated carbocycles. The van der Waals surface area contributed by atoms with E-state index in [0.717, 1.165) is 11.1 Å². The fraction of sp³-hybridized carbons (Fsp3) is 0.350. The molecular weight excluding hydrogens is 330 g/mol. The quantitative estimate of drug-likeness (QED) is 0.603. The van der Waals surface area contributed by atoms with Gasteiger partial charge in [0, 0.05) is 17.3 Å². The van der Waals surface area contributed by atoms with Crippen molar-refractivity contribution in [2.24, 2.45) is 0 Å². The molecule has 0 fully saturated rings. The van der Waals surface area contributed by atoms with Crippen molar-refractivity contribution in [3.8, 4) is 0 Å². The molecule has 6 nitrogen and oxygen atoms in total. The summed E-state index contributed by atoms with van der Waals surface area (Å²) in [4.78, 5) is 22.9. The Kier molecular flexibility index (Phi) is 5.97. The van der Waals surface area contributed by atoms with Gasteiger partial charge >= 0.3 is 0 Å². The first-order valence-corrected chi connectivity index (χ1v) is 8.55. The van der Waals surface area contributed by atoms with Crippen LogP contribution < -0.4 is 10.6 Å². The minimum Gasteiger partial charge on any atom is -0.376 e. The number of nitrogens with zero attached hydrogens (tertiary/aromatic N) is 1. The van der Waals surface area contributed by atoms with Crippen molar-refractivity contribution in [2.75, 3.05) is 11.9 Å². The summed E-state index contributed by atoms with van der Waals surface area (Å²) in [7, 11) is 0. The molecule has 0 aliphatic rings. The lowest BCUT2D eigenvalue weighted by molar-refractivity contribution is -0.385. The van der Waals surface area contributed by atoms with Gasteiger partial charge in [0.15, 0.2) is 0 Å². The van der Waals surface area contributed by atoms with Gasteiger partial charge in [0.05, 0.1) is 17.5 Å². The van der Waals surface area contributed by atoms with Crippen molar-refractivity contribution in [1.29, 1.82) is 0 Å². The minimum atomic E-state index is -0.415. The number of carbonyl (C=O) groups excluding carboxylic acids is 1. The third kappa shape index (κ3) is 4.59. The van der Waals surface area contributed by atoms with Gasteiger partial charge in [-0.15, -0.1) is 0 Å². The molecule has 1 amide bonds. The van der Waals surface area contributed by atoms with Crippen LogP contribution >= 0.6 is 0 Å². The van der Waals surface area contributed by atoms with Gasteiger partial charge < -0.3 is 10.6 Å². The highest BCUT2D eigenvalue weighted by molar-refractivity contribution is 5.81. The predicted octanol–water partition coefficient (Wildman–Crippen LogP) is 4.12. The summed E-state index contributed by atoms with van der Waals surface area (Å²) in [6, 6.07) is 9.23. The molecule has 1 atom stereocenters. The Bertz CT molecular complexity index is 846. The zero-order valence-electron chi connectivity index (χ0n) is 15.8. The fourth-order valence-electron chi connectivity index (χ4n) is 2.81. The maximum Gasteiger partial charge on any atom is 0.274 e. The molecule has 6 heteroatoms. The zero-order valence-corrected chi connectivity index (χ0v) is 15.8. The van der Waals surface area contributed by atoms with Crippen LogP contribution in [0.1, 0.15) is 40.8 Å². The fourth-order valence-corrected chi connectivity index (χ4v) is 2.81. The van der Waals surface area contributed by atoms with Crippen molar-refractivity contribution in [3.05, 3.63) is 68.3 Å². The standard InChI is InChI=1S/C20H25N3O3/c1-12-6-7-17(9-13(12)2)16(5)22-20(24)11-21-18-10-19(23(25)26)15(4)8-14(18)3/h6-10,16,21H,11H2,1-5H3,(H,22,24). The zero-order chi connectivity index (χ0) is 19.4. The number of hydrogen-bond acceptors (Lipinski definition) is 4. The summed E-state index contributed by atoms with van der Waals surface area (Å²) in [5, 5.41) is 17.0. The van der Waals surface area contributed by atoms with Gasteiger partial charge in [-0.05, 0) is 62.9 Å². The largest absolute Gasteiger partial charge is 0.376 e. The molecule has 0 aliphatic heterocycles. The third-order valence-corrected chi connectivity index (χ3v) is 4.59. The lowest BCUT2D eigenvalue weighted by atomic mass is 10.0. The summed E-state index contributed by atoms with van der Waals surface area (Å²) < 4.78 is 0. The summed E-state index contributed by atoms with van der Waals surface area (Å²) in [5.41, 5.74) is 5.55. The summed E-state index contributed by atoms with van der Waals surface area (Å²) >= 11 is 0. The molecule has 0 radical (unpaired) electrons. The molecule has 0 saturated heterocycles. The van der Waals surface area contributed by atoms with Crippen LogP contribution in [0.25, 0.3) is 0 Å². The number of nitrogens with one attached hydrogen (secondary N) is 2. The molecule has 1 unspecified atom stereocenters. The Balaban J connectivity index is 2.01. The van der Waals surface area contributed by atoms with Gasteiger partial charge in [0.1, 0.15) is 0 Å². The number of aryl methyl sites for hydroxylation is 4. The Labute approximate surface area is 153 Å². The van der Waals surface area contributed by atoms with Crippen molar-refractivity contribution in [2.45, 2.75) is 40.7 Å². The van der Waals surface area contributed by atoms with Crippen LogP contribution in [-0.4, -0.2) is 17.4 Å². The van der Waals surface area contributed by atoms with E-state index in [2.05, 4.69) is 23.6 Å². The highest BCUT2D eigenvalue weighted by atomic mass is 16.6. The monoisotopic (exact) mass is 355 g/mol. The van der Waals surface area contributed by atoms with Crippen molar-refractivity contribution in [1.82, 2.24) is 5.32 Å². The molecule has 2 rings (SSSR count). The number of anilines is 1. The van der Waals surface area contributed by atoms with Crippen LogP contribution in [0.2, 0.25) is 0 Å². The molecule has 0 aliphatic carbocycles. The molecule has 138 valence electrons. The van der Waals surface area contributed by atoms with E-state index < -0.39 is 4.92 Å².